The number of ether oxygens (including phenoxy) is 1. The fourth-order valence-corrected chi connectivity index (χ4v) is 5.23. The van der Waals surface area contributed by atoms with Crippen LogP contribution in [0.2, 0.25) is 0 Å². The fourth-order valence-electron chi connectivity index (χ4n) is 3.74. The minimum absolute atomic E-state index is 0.214. The van der Waals surface area contributed by atoms with E-state index in [2.05, 4.69) is 29.3 Å². The Hall–Kier alpha value is -2.83. The number of nitrogens with one attached hydrogen (secondary N) is 2. The molecule has 2 N–H and O–H groups in total. The monoisotopic (exact) mass is 434 g/mol. The molecule has 0 bridgehead atoms. The number of aryl methyl sites for hydroxylation is 2. The third-order valence-corrected chi connectivity index (χ3v) is 6.52. The fraction of sp³-hybridized carbons (Fsp3) is 0.273. The molecular weight excluding hydrogens is 410 g/mol. The van der Waals surface area contributed by atoms with Crippen LogP contribution in [0.5, 0.6) is 0 Å². The van der Waals surface area contributed by atoms with Crippen molar-refractivity contribution >= 4 is 60.8 Å². The standard InChI is InChI=1S/C22H24BN4O3P/c1-4-6-13-9-14(23)10-17-18(13)25-19-15(22(28)26-30-8-7-29-5-2)11-16-20(21(19)31-17)24-12-27(16)3/h5,9-12,25,31H,2,4,6-8H2,1,3H3,(H,26,28). The molecule has 1 amide bonds. The van der Waals surface area contributed by atoms with E-state index in [1.54, 1.807) is 6.33 Å². The number of hydrogen-bond donors (Lipinski definition) is 2. The Morgan fingerprint density at radius 1 is 1.35 bits per heavy atom. The number of carbonyl (C=O) groups is 1. The summed E-state index contributed by atoms with van der Waals surface area (Å²) in [5.74, 6) is -0.328. The van der Waals surface area contributed by atoms with Crippen molar-refractivity contribution in [3.63, 3.8) is 0 Å². The van der Waals surface area contributed by atoms with Crippen molar-refractivity contribution in [2.75, 3.05) is 18.5 Å². The summed E-state index contributed by atoms with van der Waals surface area (Å²) in [7, 11) is 8.42. The Morgan fingerprint density at radius 2 is 2.19 bits per heavy atom. The molecule has 0 spiro atoms. The summed E-state index contributed by atoms with van der Waals surface area (Å²) in [6, 6.07) is 5.86. The molecule has 1 aromatic heterocycles. The third kappa shape index (κ3) is 4.18. The predicted octanol–water partition coefficient (Wildman–Crippen LogP) is 1.83. The molecule has 2 aromatic carbocycles. The highest BCUT2D eigenvalue weighted by Crippen LogP contribution is 2.37. The van der Waals surface area contributed by atoms with Gasteiger partial charge in [0.05, 0.1) is 34.9 Å². The van der Waals surface area contributed by atoms with Crippen LogP contribution in [0.1, 0.15) is 29.3 Å². The van der Waals surface area contributed by atoms with Gasteiger partial charge in [-0.15, -0.1) is 0 Å². The smallest absolute Gasteiger partial charge is 0.277 e. The Labute approximate surface area is 184 Å². The van der Waals surface area contributed by atoms with Gasteiger partial charge in [-0.2, -0.15) is 0 Å². The van der Waals surface area contributed by atoms with Gasteiger partial charge in [-0.05, 0) is 18.1 Å². The van der Waals surface area contributed by atoms with Crippen LogP contribution in [0.15, 0.2) is 37.4 Å². The second kappa shape index (κ2) is 9.12. The van der Waals surface area contributed by atoms with Gasteiger partial charge in [0.1, 0.15) is 21.1 Å². The summed E-state index contributed by atoms with van der Waals surface area (Å²) in [5, 5.41) is 5.67. The average molecular weight is 434 g/mol. The minimum Gasteiger partial charge on any atom is -0.499 e. The Kier molecular flexibility index (Phi) is 6.30. The summed E-state index contributed by atoms with van der Waals surface area (Å²) < 4.78 is 6.92. The number of nitrogens with zero attached hydrogens (tertiary/aromatic N) is 2. The molecule has 1 aliphatic heterocycles. The van der Waals surface area contributed by atoms with Gasteiger partial charge in [0.2, 0.25) is 0 Å². The van der Waals surface area contributed by atoms with Crippen LogP contribution in [0.4, 0.5) is 11.4 Å². The number of aromatic nitrogens is 2. The highest BCUT2D eigenvalue weighted by molar-refractivity contribution is 7.57. The second-order valence-corrected chi connectivity index (χ2v) is 8.61. The molecule has 1 unspecified atom stereocenters. The van der Waals surface area contributed by atoms with Crippen LogP contribution in [-0.2, 0) is 23.0 Å². The average Bonchev–Trinajstić information content (AvgIpc) is 3.12. The summed E-state index contributed by atoms with van der Waals surface area (Å²) in [4.78, 5) is 22.9. The second-order valence-electron chi connectivity index (χ2n) is 7.32. The van der Waals surface area contributed by atoms with Crippen LogP contribution in [0, 0.1) is 0 Å². The largest absolute Gasteiger partial charge is 0.499 e. The number of benzene rings is 2. The Bertz CT molecular complexity index is 1160. The highest BCUT2D eigenvalue weighted by Gasteiger charge is 2.27. The van der Waals surface area contributed by atoms with E-state index in [0.717, 1.165) is 56.9 Å². The van der Waals surface area contributed by atoms with E-state index < -0.39 is 0 Å². The molecular formula is C22H24BN4O3P. The summed E-state index contributed by atoms with van der Waals surface area (Å²) in [5.41, 5.74) is 8.49. The molecule has 31 heavy (non-hydrogen) atoms. The lowest BCUT2D eigenvalue weighted by Crippen LogP contribution is -2.30. The molecule has 1 atom stereocenters. The van der Waals surface area contributed by atoms with Gasteiger partial charge < -0.3 is 14.6 Å². The molecule has 3 aromatic rings. The van der Waals surface area contributed by atoms with Crippen LogP contribution >= 0.6 is 8.58 Å². The van der Waals surface area contributed by atoms with Gasteiger partial charge in [-0.1, -0.05) is 46.1 Å². The van der Waals surface area contributed by atoms with Crippen molar-refractivity contribution in [2.45, 2.75) is 19.8 Å². The minimum atomic E-state index is -0.328. The first-order valence-electron chi connectivity index (χ1n) is 10.1. The number of fused-ring (bicyclic) bond motifs is 4. The molecule has 0 saturated carbocycles. The van der Waals surface area contributed by atoms with Crippen LogP contribution in [0.25, 0.3) is 11.0 Å². The third-order valence-electron chi connectivity index (χ3n) is 5.12. The highest BCUT2D eigenvalue weighted by atomic mass is 31.1. The first-order valence-corrected chi connectivity index (χ1v) is 11.1. The van der Waals surface area contributed by atoms with Crippen molar-refractivity contribution in [3.8, 4) is 0 Å². The Morgan fingerprint density at radius 3 is 2.97 bits per heavy atom. The lowest BCUT2D eigenvalue weighted by Gasteiger charge is -2.27. The number of hydroxylamine groups is 1. The van der Waals surface area contributed by atoms with E-state index in [1.807, 2.05) is 29.8 Å². The van der Waals surface area contributed by atoms with Gasteiger partial charge in [0.25, 0.3) is 5.91 Å². The molecule has 4 rings (SSSR count). The van der Waals surface area contributed by atoms with E-state index in [4.69, 9.17) is 17.4 Å². The number of imidazole rings is 1. The predicted molar refractivity (Wildman–Crippen MR) is 127 cm³/mol. The van der Waals surface area contributed by atoms with Gasteiger partial charge in [-0.3, -0.25) is 9.63 Å². The van der Waals surface area contributed by atoms with E-state index in [1.165, 1.54) is 6.26 Å². The lowest BCUT2D eigenvalue weighted by atomic mass is 9.92. The topological polar surface area (TPSA) is 77.4 Å². The van der Waals surface area contributed by atoms with Crippen molar-refractivity contribution in [1.82, 2.24) is 15.0 Å². The molecule has 7 nitrogen and oxygen atoms in total. The van der Waals surface area contributed by atoms with Crippen LogP contribution in [0.3, 0.4) is 0 Å². The SMILES string of the molecule is [B]c1cc(CCC)c2c(c1)Pc1c(c(C(=O)NOCCOC=C)cc3c1ncn3C)N2. The van der Waals surface area contributed by atoms with Crippen molar-refractivity contribution in [3.05, 3.63) is 48.5 Å². The molecule has 0 fully saturated rings. The maximum absolute atomic E-state index is 13.0. The zero-order chi connectivity index (χ0) is 22.0. The van der Waals surface area contributed by atoms with Gasteiger partial charge in [0, 0.05) is 23.3 Å². The van der Waals surface area contributed by atoms with Crippen LogP contribution in [-0.4, -0.2) is 36.5 Å². The summed E-state index contributed by atoms with van der Waals surface area (Å²) >= 11 is 0. The molecule has 1 aliphatic rings. The zero-order valence-electron chi connectivity index (χ0n) is 17.6. The van der Waals surface area contributed by atoms with Gasteiger partial charge in [0.15, 0.2) is 0 Å². The number of carbonyl (C=O) groups excluding carboxylic acids is 1. The van der Waals surface area contributed by atoms with E-state index in [9.17, 15) is 4.79 Å². The van der Waals surface area contributed by atoms with Crippen molar-refractivity contribution < 1.29 is 14.4 Å². The molecule has 9 heteroatoms. The zero-order valence-corrected chi connectivity index (χ0v) is 18.6. The van der Waals surface area contributed by atoms with E-state index >= 15 is 0 Å². The van der Waals surface area contributed by atoms with E-state index in [-0.39, 0.29) is 12.5 Å². The van der Waals surface area contributed by atoms with Gasteiger partial charge in [-0.25, -0.2) is 10.5 Å². The van der Waals surface area contributed by atoms with Gasteiger partial charge >= 0.3 is 0 Å². The normalized spacial score (nSPS) is 12.8. The molecule has 2 heterocycles. The van der Waals surface area contributed by atoms with E-state index in [0.29, 0.717) is 20.8 Å². The number of hydrogen-bond acceptors (Lipinski definition) is 5. The first kappa shape index (κ1) is 21.4. The molecule has 0 saturated heterocycles. The summed E-state index contributed by atoms with van der Waals surface area (Å²) in [6.07, 6.45) is 5.00. The molecule has 2 radical (unpaired) electrons. The quantitative estimate of drug-likeness (QED) is 0.146. The lowest BCUT2D eigenvalue weighted by molar-refractivity contribution is 0.0145. The van der Waals surface area contributed by atoms with Crippen molar-refractivity contribution in [2.24, 2.45) is 7.05 Å². The molecule has 0 aliphatic carbocycles. The number of anilines is 2. The van der Waals surface area contributed by atoms with Crippen molar-refractivity contribution in [1.29, 1.82) is 0 Å². The Balaban J connectivity index is 1.75. The summed E-state index contributed by atoms with van der Waals surface area (Å²) in [6.45, 7) is 6.13. The first-order chi connectivity index (χ1) is 15.0. The maximum atomic E-state index is 13.0. The molecule has 158 valence electrons. The number of amides is 1. The maximum Gasteiger partial charge on any atom is 0.277 e. The number of rotatable bonds is 8. The van der Waals surface area contributed by atoms with Crippen LogP contribution < -0.4 is 26.9 Å².